The van der Waals surface area contributed by atoms with Crippen molar-refractivity contribution in [2.75, 3.05) is 35.0 Å². The summed E-state index contributed by atoms with van der Waals surface area (Å²) >= 11 is 2.67. The lowest BCUT2D eigenvalue weighted by Gasteiger charge is -2.19. The Morgan fingerprint density at radius 3 is 2.41 bits per heavy atom. The summed E-state index contributed by atoms with van der Waals surface area (Å²) in [4.78, 5) is 16.7. The topological polar surface area (TPSA) is 85.1 Å². The lowest BCUT2D eigenvalue weighted by Crippen LogP contribution is -2.26. The number of Topliss-reactive ketones (excluding diaryl/α,β-unsaturated/α-hetero) is 1. The predicted octanol–water partition coefficient (Wildman–Crippen LogP) is 4.88. The van der Waals surface area contributed by atoms with Crippen LogP contribution in [0.1, 0.15) is 11.1 Å². The van der Waals surface area contributed by atoms with Gasteiger partial charge in [-0.2, -0.15) is 5.26 Å². The molecular weight excluding hydrogens is 440 g/mol. The van der Waals surface area contributed by atoms with Crippen molar-refractivity contribution in [3.8, 4) is 6.07 Å². The fraction of sp³-hybridized carbons (Fsp3) is 0.217. The lowest BCUT2D eigenvalue weighted by atomic mass is 10.1. The summed E-state index contributed by atoms with van der Waals surface area (Å²) in [6.45, 7) is 4.13. The number of fused-ring (bicyclic) bond motifs is 1. The first-order valence-corrected chi connectivity index (χ1v) is 11.7. The highest BCUT2D eigenvalue weighted by atomic mass is 32.2. The SMILES string of the molecule is Cc1ccc(Nc2nnc(SCC(=O)C(C#N)=C3N(C)c4ccccc4N3C)s2)cc1C. The highest BCUT2D eigenvalue weighted by Gasteiger charge is 2.31. The average molecular weight is 463 g/mol. The lowest BCUT2D eigenvalue weighted by molar-refractivity contribution is -0.112. The Morgan fingerprint density at radius 2 is 1.78 bits per heavy atom. The molecular formula is C23H22N6OS2. The van der Waals surface area contributed by atoms with Crippen LogP contribution in [0.2, 0.25) is 0 Å². The van der Waals surface area contributed by atoms with Gasteiger partial charge >= 0.3 is 0 Å². The first-order chi connectivity index (χ1) is 15.4. The summed E-state index contributed by atoms with van der Waals surface area (Å²) in [5.74, 6) is 0.467. The highest BCUT2D eigenvalue weighted by Crippen LogP contribution is 2.40. The average Bonchev–Trinajstić information content (AvgIpc) is 3.33. The number of allylic oxidation sites excluding steroid dienone is 1. The summed E-state index contributed by atoms with van der Waals surface area (Å²) in [6.07, 6.45) is 0. The first-order valence-electron chi connectivity index (χ1n) is 9.93. The van der Waals surface area contributed by atoms with Crippen LogP contribution in [0.5, 0.6) is 0 Å². The Morgan fingerprint density at radius 1 is 1.09 bits per heavy atom. The van der Waals surface area contributed by atoms with Crippen molar-refractivity contribution in [1.82, 2.24) is 10.2 Å². The van der Waals surface area contributed by atoms with Crippen LogP contribution in [-0.2, 0) is 4.79 Å². The first kappa shape index (κ1) is 21.9. The van der Waals surface area contributed by atoms with E-state index in [2.05, 4.69) is 47.6 Å². The third kappa shape index (κ3) is 4.20. The fourth-order valence-electron chi connectivity index (χ4n) is 3.52. The zero-order chi connectivity index (χ0) is 22.8. The third-order valence-corrected chi connectivity index (χ3v) is 7.32. The molecule has 0 aliphatic carbocycles. The molecule has 9 heteroatoms. The number of carbonyl (C=O) groups is 1. The van der Waals surface area contributed by atoms with Crippen LogP contribution in [0, 0.1) is 25.2 Å². The number of nitrogens with zero attached hydrogens (tertiary/aromatic N) is 5. The summed E-state index contributed by atoms with van der Waals surface area (Å²) in [5.41, 5.74) is 5.43. The Labute approximate surface area is 195 Å². The summed E-state index contributed by atoms with van der Waals surface area (Å²) < 4.78 is 0.670. The van der Waals surface area contributed by atoms with Gasteiger partial charge in [0.1, 0.15) is 17.5 Å². The molecule has 0 unspecified atom stereocenters. The molecule has 0 atom stereocenters. The van der Waals surface area contributed by atoms with Gasteiger partial charge in [-0.25, -0.2) is 0 Å². The number of thioether (sulfide) groups is 1. The molecule has 4 rings (SSSR count). The molecule has 0 fully saturated rings. The number of aromatic nitrogens is 2. The maximum Gasteiger partial charge on any atom is 0.210 e. The number of rotatable bonds is 6. The summed E-state index contributed by atoms with van der Waals surface area (Å²) in [6, 6.07) is 16.0. The Kier molecular flexibility index (Phi) is 6.17. The van der Waals surface area contributed by atoms with Crippen LogP contribution in [-0.4, -0.2) is 35.8 Å². The standard InChI is InChI=1S/C23H22N6OS2/c1-14-9-10-16(11-15(14)2)25-22-26-27-23(32-22)31-13-20(30)17(12-24)21-28(3)18-7-5-6-8-19(18)29(21)4/h5-11H,13H2,1-4H3,(H,25,26). The number of hydrogen-bond donors (Lipinski definition) is 1. The van der Waals surface area contributed by atoms with Gasteiger partial charge < -0.3 is 15.1 Å². The number of aryl methyl sites for hydroxylation is 2. The Balaban J connectivity index is 1.45. The molecule has 1 aliphatic heterocycles. The summed E-state index contributed by atoms with van der Waals surface area (Å²) in [5, 5.41) is 22.0. The largest absolute Gasteiger partial charge is 0.330 e. The second kappa shape index (κ2) is 9.02. The van der Waals surface area contributed by atoms with Crippen molar-refractivity contribution in [3.63, 3.8) is 0 Å². The molecule has 162 valence electrons. The van der Waals surface area contributed by atoms with Crippen molar-refractivity contribution in [1.29, 1.82) is 5.26 Å². The van der Waals surface area contributed by atoms with E-state index in [0.717, 1.165) is 17.1 Å². The molecule has 1 aliphatic rings. The molecule has 0 radical (unpaired) electrons. The fourth-order valence-corrected chi connectivity index (χ4v) is 5.16. The summed E-state index contributed by atoms with van der Waals surface area (Å²) in [7, 11) is 3.73. The van der Waals surface area contributed by atoms with Gasteiger partial charge in [0, 0.05) is 19.8 Å². The number of anilines is 4. The second-order valence-electron chi connectivity index (χ2n) is 7.43. The highest BCUT2D eigenvalue weighted by molar-refractivity contribution is 8.01. The van der Waals surface area contributed by atoms with E-state index in [4.69, 9.17) is 0 Å². The van der Waals surface area contributed by atoms with E-state index in [1.54, 1.807) is 0 Å². The predicted molar refractivity (Wildman–Crippen MR) is 131 cm³/mol. The molecule has 7 nitrogen and oxygen atoms in total. The van der Waals surface area contributed by atoms with E-state index in [1.165, 1.54) is 34.2 Å². The van der Waals surface area contributed by atoms with Gasteiger partial charge in [-0.1, -0.05) is 41.3 Å². The monoisotopic (exact) mass is 462 g/mol. The quantitative estimate of drug-likeness (QED) is 0.315. The number of hydrogen-bond acceptors (Lipinski definition) is 9. The number of ketones is 1. The molecule has 2 heterocycles. The Bertz CT molecular complexity index is 1230. The van der Waals surface area contributed by atoms with Gasteiger partial charge in [0.05, 0.1) is 17.1 Å². The Hall–Kier alpha value is -3.35. The van der Waals surface area contributed by atoms with E-state index in [0.29, 0.717) is 15.3 Å². The van der Waals surface area contributed by atoms with Crippen LogP contribution in [0.15, 0.2) is 58.2 Å². The third-order valence-electron chi connectivity index (χ3n) is 5.35. The van der Waals surface area contributed by atoms with Gasteiger partial charge in [-0.15, -0.1) is 10.2 Å². The van der Waals surface area contributed by atoms with Crippen LogP contribution >= 0.6 is 23.1 Å². The molecule has 2 aromatic carbocycles. The molecule has 32 heavy (non-hydrogen) atoms. The zero-order valence-electron chi connectivity index (χ0n) is 18.2. The molecule has 0 saturated heterocycles. The van der Waals surface area contributed by atoms with E-state index < -0.39 is 0 Å². The molecule has 1 aromatic heterocycles. The van der Waals surface area contributed by atoms with E-state index >= 15 is 0 Å². The van der Waals surface area contributed by atoms with Crippen LogP contribution in [0.25, 0.3) is 0 Å². The minimum Gasteiger partial charge on any atom is -0.330 e. The van der Waals surface area contributed by atoms with E-state index in [-0.39, 0.29) is 17.1 Å². The van der Waals surface area contributed by atoms with Gasteiger partial charge in [-0.3, -0.25) is 4.79 Å². The normalized spacial score (nSPS) is 12.5. The maximum absolute atomic E-state index is 12.9. The van der Waals surface area contributed by atoms with Gasteiger partial charge in [-0.05, 0) is 49.2 Å². The van der Waals surface area contributed by atoms with Crippen molar-refractivity contribution in [3.05, 3.63) is 65.0 Å². The molecule has 3 aromatic rings. The smallest absolute Gasteiger partial charge is 0.210 e. The number of nitrogens with one attached hydrogen (secondary N) is 1. The van der Waals surface area contributed by atoms with Gasteiger partial charge in [0.2, 0.25) is 5.13 Å². The van der Waals surface area contributed by atoms with Crippen LogP contribution in [0.4, 0.5) is 22.2 Å². The van der Waals surface area contributed by atoms with Crippen LogP contribution < -0.4 is 15.1 Å². The molecule has 0 saturated carbocycles. The second-order valence-corrected chi connectivity index (χ2v) is 9.63. The maximum atomic E-state index is 12.9. The number of para-hydroxylation sites is 2. The minimum absolute atomic E-state index is 0.114. The van der Waals surface area contributed by atoms with E-state index in [9.17, 15) is 10.1 Å². The van der Waals surface area contributed by atoms with Crippen molar-refractivity contribution in [2.45, 2.75) is 18.2 Å². The number of benzene rings is 2. The van der Waals surface area contributed by atoms with Crippen LogP contribution in [0.3, 0.4) is 0 Å². The van der Waals surface area contributed by atoms with E-state index in [1.807, 2.05) is 54.2 Å². The minimum atomic E-state index is -0.238. The number of nitriles is 1. The van der Waals surface area contributed by atoms with Gasteiger partial charge in [0.25, 0.3) is 0 Å². The zero-order valence-corrected chi connectivity index (χ0v) is 19.8. The van der Waals surface area contributed by atoms with Crippen molar-refractivity contribution < 1.29 is 4.79 Å². The number of carbonyl (C=O) groups excluding carboxylic acids is 1. The van der Waals surface area contributed by atoms with Gasteiger partial charge in [0.15, 0.2) is 10.1 Å². The molecule has 0 amide bonds. The molecule has 1 N–H and O–H groups in total. The molecule has 0 bridgehead atoms. The molecule has 0 spiro atoms. The van der Waals surface area contributed by atoms with Crippen molar-refractivity contribution >= 4 is 51.1 Å². The van der Waals surface area contributed by atoms with Crippen molar-refractivity contribution in [2.24, 2.45) is 0 Å².